The van der Waals surface area contributed by atoms with Gasteiger partial charge >= 0.3 is 0 Å². The first-order valence-corrected chi connectivity index (χ1v) is 9.23. The van der Waals surface area contributed by atoms with Gasteiger partial charge < -0.3 is 15.6 Å². The SMILES string of the molecule is Nc1ccc(S(=O)(=O)O)c(OCCCS(=O)(=O)CCO)c1. The Morgan fingerprint density at radius 2 is 1.81 bits per heavy atom. The highest BCUT2D eigenvalue weighted by molar-refractivity contribution is 7.91. The van der Waals surface area contributed by atoms with Gasteiger partial charge in [0.05, 0.1) is 24.7 Å². The van der Waals surface area contributed by atoms with Gasteiger partial charge in [0.2, 0.25) is 0 Å². The van der Waals surface area contributed by atoms with Gasteiger partial charge in [0.1, 0.15) is 10.6 Å². The second kappa shape index (κ2) is 7.07. The minimum absolute atomic E-state index is 0.0728. The number of hydrogen-bond donors (Lipinski definition) is 3. The van der Waals surface area contributed by atoms with Crippen molar-refractivity contribution in [3.05, 3.63) is 18.2 Å². The van der Waals surface area contributed by atoms with E-state index in [9.17, 15) is 16.8 Å². The maximum absolute atomic E-state index is 11.4. The third kappa shape index (κ3) is 5.87. The summed E-state index contributed by atoms with van der Waals surface area (Å²) < 4.78 is 59.2. The smallest absolute Gasteiger partial charge is 0.298 e. The van der Waals surface area contributed by atoms with Gasteiger partial charge in [0.25, 0.3) is 10.1 Å². The van der Waals surface area contributed by atoms with Crippen LogP contribution in [-0.2, 0) is 20.0 Å². The molecule has 0 aromatic heterocycles. The van der Waals surface area contributed by atoms with Gasteiger partial charge in [0.15, 0.2) is 9.84 Å². The van der Waals surface area contributed by atoms with Crippen molar-refractivity contribution in [2.24, 2.45) is 0 Å². The number of sulfone groups is 1. The molecule has 120 valence electrons. The third-order valence-corrected chi connectivity index (χ3v) is 5.11. The average molecular weight is 339 g/mol. The molecule has 0 aliphatic carbocycles. The van der Waals surface area contributed by atoms with Gasteiger partial charge in [-0.1, -0.05) is 0 Å². The van der Waals surface area contributed by atoms with Crippen molar-refractivity contribution in [1.29, 1.82) is 0 Å². The summed E-state index contributed by atoms with van der Waals surface area (Å²) in [6.45, 7) is -0.526. The molecule has 4 N–H and O–H groups in total. The summed E-state index contributed by atoms with van der Waals surface area (Å²) in [6, 6.07) is 3.62. The summed E-state index contributed by atoms with van der Waals surface area (Å²) in [5.74, 6) is -0.671. The fourth-order valence-corrected chi connectivity index (χ4v) is 3.20. The largest absolute Gasteiger partial charge is 0.492 e. The molecule has 0 atom stereocenters. The maximum Gasteiger partial charge on any atom is 0.298 e. The second-order valence-corrected chi connectivity index (χ2v) is 7.95. The number of anilines is 1. The predicted octanol–water partition coefficient (Wildman–Crippen LogP) is -0.308. The number of aliphatic hydroxyl groups is 1. The van der Waals surface area contributed by atoms with E-state index in [0.717, 1.165) is 6.07 Å². The van der Waals surface area contributed by atoms with Crippen molar-refractivity contribution in [2.45, 2.75) is 11.3 Å². The van der Waals surface area contributed by atoms with Gasteiger partial charge in [-0.3, -0.25) is 4.55 Å². The van der Waals surface area contributed by atoms with Crippen LogP contribution in [-0.4, -0.2) is 51.2 Å². The first-order valence-electron chi connectivity index (χ1n) is 5.97. The van der Waals surface area contributed by atoms with Crippen molar-refractivity contribution in [2.75, 3.05) is 30.5 Å². The van der Waals surface area contributed by atoms with Crippen molar-refractivity contribution >= 4 is 25.6 Å². The maximum atomic E-state index is 11.4. The van der Waals surface area contributed by atoms with Crippen LogP contribution in [0.1, 0.15) is 6.42 Å². The molecule has 21 heavy (non-hydrogen) atoms. The van der Waals surface area contributed by atoms with E-state index < -0.39 is 31.5 Å². The average Bonchev–Trinajstić information content (AvgIpc) is 2.33. The standard InChI is InChI=1S/C11H17NO7S2/c12-9-2-3-11(21(16,17)18)10(8-9)19-5-1-6-20(14,15)7-4-13/h2-3,8,13H,1,4-7,12H2,(H,16,17,18). The molecular formula is C11H17NO7S2. The Morgan fingerprint density at radius 1 is 1.14 bits per heavy atom. The van der Waals surface area contributed by atoms with Crippen LogP contribution in [0.3, 0.4) is 0 Å². The number of ether oxygens (including phenoxy) is 1. The summed E-state index contributed by atoms with van der Waals surface area (Å²) in [5.41, 5.74) is 5.74. The minimum atomic E-state index is -4.46. The Morgan fingerprint density at radius 3 is 2.38 bits per heavy atom. The van der Waals surface area contributed by atoms with Gasteiger partial charge in [-0.2, -0.15) is 8.42 Å². The van der Waals surface area contributed by atoms with Crippen molar-refractivity contribution in [3.8, 4) is 5.75 Å². The fraction of sp³-hybridized carbons (Fsp3) is 0.455. The molecule has 0 radical (unpaired) electrons. The summed E-state index contributed by atoms with van der Waals surface area (Å²) >= 11 is 0. The fourth-order valence-electron chi connectivity index (χ4n) is 1.55. The van der Waals surface area contributed by atoms with E-state index in [0.29, 0.717) is 0 Å². The first kappa shape index (κ1) is 17.7. The van der Waals surface area contributed by atoms with Crippen LogP contribution in [0.4, 0.5) is 5.69 Å². The van der Waals surface area contributed by atoms with E-state index in [1.807, 2.05) is 0 Å². The molecular weight excluding hydrogens is 322 g/mol. The van der Waals surface area contributed by atoms with E-state index in [4.69, 9.17) is 20.1 Å². The summed E-state index contributed by atoms with van der Waals surface area (Å²) in [7, 11) is -7.81. The molecule has 1 rings (SSSR count). The van der Waals surface area contributed by atoms with Gasteiger partial charge in [-0.15, -0.1) is 0 Å². The van der Waals surface area contributed by atoms with E-state index in [2.05, 4.69) is 0 Å². The molecule has 0 saturated carbocycles. The Hall–Kier alpha value is -1.36. The van der Waals surface area contributed by atoms with Crippen LogP contribution in [0.15, 0.2) is 23.1 Å². The van der Waals surface area contributed by atoms with Crippen molar-refractivity contribution < 1.29 is 31.2 Å². The van der Waals surface area contributed by atoms with Crippen LogP contribution < -0.4 is 10.5 Å². The quantitative estimate of drug-likeness (QED) is 0.332. The Kier molecular flexibility index (Phi) is 5.96. The molecule has 0 amide bonds. The Labute approximate surface area is 123 Å². The van der Waals surface area contributed by atoms with Crippen molar-refractivity contribution in [3.63, 3.8) is 0 Å². The normalized spacial score (nSPS) is 12.3. The molecule has 1 aromatic rings. The molecule has 0 spiro atoms. The number of rotatable bonds is 8. The lowest BCUT2D eigenvalue weighted by Gasteiger charge is -2.10. The molecule has 1 aromatic carbocycles. The number of aliphatic hydroxyl groups excluding tert-OH is 1. The molecule has 0 bridgehead atoms. The van der Waals surface area contributed by atoms with Crippen LogP contribution in [0.25, 0.3) is 0 Å². The molecule has 0 fully saturated rings. The van der Waals surface area contributed by atoms with Gasteiger partial charge in [0, 0.05) is 11.8 Å². The summed E-state index contributed by atoms with van der Waals surface area (Å²) in [6.07, 6.45) is 0.113. The van der Waals surface area contributed by atoms with E-state index in [-0.39, 0.29) is 36.0 Å². The number of nitrogens with two attached hydrogens (primary N) is 1. The molecule has 0 aliphatic rings. The molecule has 10 heteroatoms. The minimum Gasteiger partial charge on any atom is -0.492 e. The molecule has 8 nitrogen and oxygen atoms in total. The highest BCUT2D eigenvalue weighted by atomic mass is 32.2. The zero-order valence-electron chi connectivity index (χ0n) is 11.1. The number of benzene rings is 1. The zero-order chi connectivity index (χ0) is 16.1. The van der Waals surface area contributed by atoms with Crippen LogP contribution in [0.2, 0.25) is 0 Å². The molecule has 0 unspecified atom stereocenters. The highest BCUT2D eigenvalue weighted by Crippen LogP contribution is 2.26. The molecule has 0 aliphatic heterocycles. The van der Waals surface area contributed by atoms with Gasteiger partial charge in [-0.25, -0.2) is 8.42 Å². The second-order valence-electron chi connectivity index (χ2n) is 4.26. The Balaban J connectivity index is 2.70. The summed E-state index contributed by atoms with van der Waals surface area (Å²) in [5, 5.41) is 8.57. The van der Waals surface area contributed by atoms with Crippen molar-refractivity contribution in [1.82, 2.24) is 0 Å². The Bertz CT molecular complexity index is 683. The highest BCUT2D eigenvalue weighted by Gasteiger charge is 2.17. The number of nitrogen functional groups attached to an aromatic ring is 1. The lowest BCUT2D eigenvalue weighted by Crippen LogP contribution is -2.16. The third-order valence-electron chi connectivity index (χ3n) is 2.51. The van der Waals surface area contributed by atoms with Crippen LogP contribution >= 0.6 is 0 Å². The predicted molar refractivity (Wildman–Crippen MR) is 76.5 cm³/mol. The molecule has 0 heterocycles. The first-order chi connectivity index (χ1) is 9.65. The van der Waals surface area contributed by atoms with Crippen LogP contribution in [0, 0.1) is 0 Å². The zero-order valence-corrected chi connectivity index (χ0v) is 12.7. The lowest BCUT2D eigenvalue weighted by atomic mass is 10.3. The topological polar surface area (TPSA) is 144 Å². The van der Waals surface area contributed by atoms with E-state index in [1.165, 1.54) is 12.1 Å². The monoisotopic (exact) mass is 339 g/mol. The van der Waals surface area contributed by atoms with Crippen LogP contribution in [0.5, 0.6) is 5.75 Å². The van der Waals surface area contributed by atoms with E-state index in [1.54, 1.807) is 0 Å². The number of hydrogen-bond acceptors (Lipinski definition) is 7. The lowest BCUT2D eigenvalue weighted by molar-refractivity contribution is 0.306. The van der Waals surface area contributed by atoms with E-state index >= 15 is 0 Å². The summed E-state index contributed by atoms with van der Waals surface area (Å²) in [4.78, 5) is -0.435. The van der Waals surface area contributed by atoms with Gasteiger partial charge in [-0.05, 0) is 18.6 Å². The molecule has 0 saturated heterocycles.